The van der Waals surface area contributed by atoms with Crippen LogP contribution >= 0.6 is 11.7 Å². The van der Waals surface area contributed by atoms with Crippen molar-refractivity contribution in [1.29, 1.82) is 0 Å². The first-order chi connectivity index (χ1) is 8.09. The minimum absolute atomic E-state index is 0.174. The van der Waals surface area contributed by atoms with E-state index in [2.05, 4.69) is 8.75 Å². The zero-order chi connectivity index (χ0) is 12.4. The van der Waals surface area contributed by atoms with Crippen LogP contribution in [-0.4, -0.2) is 25.6 Å². The van der Waals surface area contributed by atoms with Crippen molar-refractivity contribution < 1.29 is 14.7 Å². The van der Waals surface area contributed by atoms with Gasteiger partial charge < -0.3 is 5.11 Å². The van der Waals surface area contributed by atoms with Gasteiger partial charge in [0, 0.05) is 11.5 Å². The van der Waals surface area contributed by atoms with Gasteiger partial charge in [0.05, 0.1) is 18.1 Å². The number of nitrogens with zero attached hydrogens (tertiary/aromatic N) is 2. The summed E-state index contributed by atoms with van der Waals surface area (Å²) in [5, 5.41) is 8.67. The first-order valence-corrected chi connectivity index (χ1v) is 5.80. The molecule has 0 aliphatic rings. The van der Waals surface area contributed by atoms with Gasteiger partial charge in [0.15, 0.2) is 5.78 Å². The zero-order valence-corrected chi connectivity index (χ0v) is 9.90. The van der Waals surface area contributed by atoms with E-state index in [1.165, 1.54) is 0 Å². The van der Waals surface area contributed by atoms with Crippen LogP contribution in [0.1, 0.15) is 23.7 Å². The Bertz CT molecular complexity index is 579. The molecule has 2 rings (SSSR count). The van der Waals surface area contributed by atoms with E-state index in [0.29, 0.717) is 16.6 Å². The number of carbonyl (C=O) groups is 2. The van der Waals surface area contributed by atoms with Crippen LogP contribution in [-0.2, 0) is 4.79 Å². The largest absolute Gasteiger partial charge is 0.481 e. The van der Waals surface area contributed by atoms with Gasteiger partial charge in [0.1, 0.15) is 11.0 Å². The number of aromatic nitrogens is 2. The third kappa shape index (κ3) is 2.31. The van der Waals surface area contributed by atoms with Crippen molar-refractivity contribution in [2.75, 3.05) is 0 Å². The molecule has 1 unspecified atom stereocenters. The van der Waals surface area contributed by atoms with E-state index in [9.17, 15) is 9.59 Å². The maximum atomic E-state index is 12.1. The molecule has 0 spiro atoms. The number of rotatable bonds is 4. The van der Waals surface area contributed by atoms with Crippen LogP contribution in [0.5, 0.6) is 0 Å². The monoisotopic (exact) mass is 250 g/mol. The van der Waals surface area contributed by atoms with Crippen molar-refractivity contribution in [3.8, 4) is 0 Å². The van der Waals surface area contributed by atoms with Crippen molar-refractivity contribution in [2.24, 2.45) is 5.92 Å². The third-order valence-corrected chi connectivity index (χ3v) is 3.02. The lowest BCUT2D eigenvalue weighted by Gasteiger charge is -2.07. The molecule has 1 N–H and O–H groups in total. The van der Waals surface area contributed by atoms with Gasteiger partial charge in [0.25, 0.3) is 0 Å². The molecule has 0 amide bonds. The number of carboxylic acids is 1. The molecule has 6 heteroatoms. The van der Waals surface area contributed by atoms with Crippen LogP contribution in [0.15, 0.2) is 18.2 Å². The van der Waals surface area contributed by atoms with Crippen LogP contribution in [0, 0.1) is 5.92 Å². The highest BCUT2D eigenvalue weighted by molar-refractivity contribution is 7.00. The number of hydrogen-bond acceptors (Lipinski definition) is 5. The molecular formula is C11H10N2O3S. The van der Waals surface area contributed by atoms with Crippen molar-refractivity contribution in [2.45, 2.75) is 13.3 Å². The Balaban J connectivity index is 2.36. The maximum absolute atomic E-state index is 12.1. The molecule has 0 saturated carbocycles. The molecule has 0 radical (unpaired) electrons. The van der Waals surface area contributed by atoms with Gasteiger partial charge in [0.2, 0.25) is 0 Å². The summed E-state index contributed by atoms with van der Waals surface area (Å²) in [6.45, 7) is 1.61. The predicted octanol–water partition coefficient (Wildman–Crippen LogP) is 1.98. The van der Waals surface area contributed by atoms with E-state index in [4.69, 9.17) is 5.11 Å². The summed E-state index contributed by atoms with van der Waals surface area (Å²) in [6.07, 6.45) is -0.174. The van der Waals surface area contributed by atoms with Crippen LogP contribution in [0.2, 0.25) is 0 Å². The van der Waals surface area contributed by atoms with Gasteiger partial charge in [-0.05, 0) is 12.1 Å². The number of fused-ring (bicyclic) bond motifs is 1. The molecule has 17 heavy (non-hydrogen) atoms. The van der Waals surface area contributed by atoms with Crippen molar-refractivity contribution >= 4 is 34.5 Å². The molecule has 1 heterocycles. The Morgan fingerprint density at radius 3 is 2.88 bits per heavy atom. The van der Waals surface area contributed by atoms with E-state index in [1.54, 1.807) is 25.1 Å². The van der Waals surface area contributed by atoms with Crippen molar-refractivity contribution in [3.05, 3.63) is 23.8 Å². The number of benzene rings is 1. The van der Waals surface area contributed by atoms with Crippen LogP contribution < -0.4 is 0 Å². The summed E-state index contributed by atoms with van der Waals surface area (Å²) >= 11 is 1.04. The van der Waals surface area contributed by atoms with E-state index >= 15 is 0 Å². The molecule has 5 nitrogen and oxygen atoms in total. The first-order valence-electron chi connectivity index (χ1n) is 5.07. The molecule has 1 atom stereocenters. The highest BCUT2D eigenvalue weighted by atomic mass is 32.1. The van der Waals surface area contributed by atoms with E-state index < -0.39 is 11.9 Å². The van der Waals surface area contributed by atoms with Gasteiger partial charge in [-0.15, -0.1) is 0 Å². The number of aliphatic carboxylic acids is 1. The fraction of sp³-hybridized carbons (Fsp3) is 0.273. The van der Waals surface area contributed by atoms with Gasteiger partial charge in [-0.3, -0.25) is 9.59 Å². The standard InChI is InChI=1S/C11H10N2O3S/c1-6(5-9(14)15)11(16)7-3-2-4-8-10(7)13-17-12-8/h2-4,6H,5H2,1H3,(H,14,15). The maximum Gasteiger partial charge on any atom is 0.304 e. The average Bonchev–Trinajstić information content (AvgIpc) is 2.74. The van der Waals surface area contributed by atoms with Crippen molar-refractivity contribution in [1.82, 2.24) is 8.75 Å². The summed E-state index contributed by atoms with van der Waals surface area (Å²) in [7, 11) is 0. The average molecular weight is 250 g/mol. The third-order valence-electron chi connectivity index (χ3n) is 2.48. The van der Waals surface area contributed by atoms with E-state index in [-0.39, 0.29) is 12.2 Å². The lowest BCUT2D eigenvalue weighted by atomic mass is 9.95. The number of ketones is 1. The lowest BCUT2D eigenvalue weighted by Crippen LogP contribution is -2.15. The highest BCUT2D eigenvalue weighted by Gasteiger charge is 2.21. The molecule has 0 fully saturated rings. The fourth-order valence-corrected chi connectivity index (χ4v) is 2.17. The van der Waals surface area contributed by atoms with Gasteiger partial charge >= 0.3 is 5.97 Å². The molecule has 0 aliphatic carbocycles. The minimum atomic E-state index is -0.977. The molecule has 0 aliphatic heterocycles. The summed E-state index contributed by atoms with van der Waals surface area (Å²) in [4.78, 5) is 22.6. The lowest BCUT2D eigenvalue weighted by molar-refractivity contribution is -0.137. The second-order valence-electron chi connectivity index (χ2n) is 3.80. The molecule has 0 saturated heterocycles. The Morgan fingerprint density at radius 2 is 2.18 bits per heavy atom. The zero-order valence-electron chi connectivity index (χ0n) is 9.08. The Hall–Kier alpha value is -1.82. The first kappa shape index (κ1) is 11.7. The topological polar surface area (TPSA) is 80.1 Å². The normalized spacial score (nSPS) is 12.5. The summed E-state index contributed by atoms with van der Waals surface area (Å²) < 4.78 is 8.11. The second kappa shape index (κ2) is 4.58. The van der Waals surface area contributed by atoms with E-state index in [1.807, 2.05) is 0 Å². The molecule has 1 aromatic heterocycles. The van der Waals surface area contributed by atoms with Crippen LogP contribution in [0.25, 0.3) is 11.0 Å². The Labute approximate surface area is 101 Å². The van der Waals surface area contributed by atoms with Gasteiger partial charge in [-0.2, -0.15) is 8.75 Å². The predicted molar refractivity (Wildman–Crippen MR) is 63.2 cm³/mol. The fourth-order valence-electron chi connectivity index (χ4n) is 1.63. The molecule has 88 valence electrons. The minimum Gasteiger partial charge on any atom is -0.481 e. The van der Waals surface area contributed by atoms with Crippen molar-refractivity contribution in [3.63, 3.8) is 0 Å². The SMILES string of the molecule is CC(CC(=O)O)C(=O)c1cccc2nsnc12. The van der Waals surface area contributed by atoms with Crippen LogP contribution in [0.4, 0.5) is 0 Å². The number of carboxylic acid groups (broad SMARTS) is 1. The smallest absolute Gasteiger partial charge is 0.304 e. The molecular weight excluding hydrogens is 240 g/mol. The molecule has 1 aromatic carbocycles. The van der Waals surface area contributed by atoms with Gasteiger partial charge in [-0.1, -0.05) is 13.0 Å². The quantitative estimate of drug-likeness (QED) is 0.839. The highest BCUT2D eigenvalue weighted by Crippen LogP contribution is 2.20. The Kier molecular flexibility index (Phi) is 3.14. The number of carbonyl (C=O) groups excluding carboxylic acids is 1. The van der Waals surface area contributed by atoms with Gasteiger partial charge in [-0.25, -0.2) is 0 Å². The Morgan fingerprint density at radius 1 is 1.41 bits per heavy atom. The summed E-state index contributed by atoms with van der Waals surface area (Å²) in [5.41, 5.74) is 1.67. The second-order valence-corrected chi connectivity index (χ2v) is 4.33. The summed E-state index contributed by atoms with van der Waals surface area (Å²) in [6, 6.07) is 5.16. The van der Waals surface area contributed by atoms with E-state index in [0.717, 1.165) is 11.7 Å². The summed E-state index contributed by atoms with van der Waals surface area (Å²) in [5.74, 6) is -1.74. The molecule has 0 bridgehead atoms. The number of Topliss-reactive ketones (excluding diaryl/α,β-unsaturated/α-hetero) is 1. The number of hydrogen-bond donors (Lipinski definition) is 1. The molecule has 2 aromatic rings. The van der Waals surface area contributed by atoms with Crippen LogP contribution in [0.3, 0.4) is 0 Å².